The number of phenols is 1. The summed E-state index contributed by atoms with van der Waals surface area (Å²) >= 11 is 1.67. The van der Waals surface area contributed by atoms with Gasteiger partial charge in [-0.25, -0.2) is 4.79 Å². The fourth-order valence-corrected chi connectivity index (χ4v) is 4.33. The van der Waals surface area contributed by atoms with Gasteiger partial charge in [0.25, 0.3) is 0 Å². The molecule has 5 nitrogen and oxygen atoms in total. The summed E-state index contributed by atoms with van der Waals surface area (Å²) in [6.45, 7) is 2.58. The molecule has 140 valence electrons. The first-order valence-corrected chi connectivity index (χ1v) is 9.86. The highest BCUT2D eigenvalue weighted by atomic mass is 32.1. The molecule has 1 aromatic carbocycles. The molecule has 0 spiro atoms. The normalized spacial score (nSPS) is 20.0. The summed E-state index contributed by atoms with van der Waals surface area (Å²) in [4.78, 5) is 14.5. The number of fused-ring (bicyclic) bond motifs is 1. The van der Waals surface area contributed by atoms with E-state index in [1.54, 1.807) is 17.4 Å². The Hall–Kier alpha value is -2.05. The zero-order valence-electron chi connectivity index (χ0n) is 15.6. The molecule has 0 radical (unpaired) electrons. The van der Waals surface area contributed by atoms with Crippen LogP contribution in [0.4, 0.5) is 4.79 Å². The summed E-state index contributed by atoms with van der Waals surface area (Å²) in [5, 5.41) is 20.0. The lowest BCUT2D eigenvalue weighted by atomic mass is 9.94. The monoisotopic (exact) mass is 373 g/mol. The van der Waals surface area contributed by atoms with Crippen molar-refractivity contribution in [3.05, 3.63) is 51.7 Å². The van der Waals surface area contributed by atoms with Gasteiger partial charge in [0.2, 0.25) is 0 Å². The molecule has 2 unspecified atom stereocenters. The maximum atomic E-state index is 12.4. The van der Waals surface area contributed by atoms with Crippen molar-refractivity contribution in [1.29, 1.82) is 0 Å². The summed E-state index contributed by atoms with van der Waals surface area (Å²) in [6.07, 6.45) is 2.51. The van der Waals surface area contributed by atoms with E-state index in [2.05, 4.69) is 32.4 Å². The van der Waals surface area contributed by atoms with Gasteiger partial charge in [-0.2, -0.15) is 11.3 Å². The van der Waals surface area contributed by atoms with Crippen LogP contribution in [0.2, 0.25) is 0 Å². The van der Waals surface area contributed by atoms with Gasteiger partial charge in [0.05, 0.1) is 0 Å². The van der Waals surface area contributed by atoms with E-state index < -0.39 is 0 Å². The number of phenolic OH excluding ortho intramolecular Hbond substituents is 1. The van der Waals surface area contributed by atoms with E-state index >= 15 is 0 Å². The topological polar surface area (TPSA) is 64.6 Å². The van der Waals surface area contributed by atoms with Gasteiger partial charge < -0.3 is 20.6 Å². The second kappa shape index (κ2) is 7.68. The second-order valence-corrected chi connectivity index (χ2v) is 8.27. The van der Waals surface area contributed by atoms with Crippen LogP contribution in [0.25, 0.3) is 0 Å². The molecule has 3 N–H and O–H groups in total. The van der Waals surface area contributed by atoms with Crippen molar-refractivity contribution in [1.82, 2.24) is 15.5 Å². The van der Waals surface area contributed by atoms with Gasteiger partial charge in [0.1, 0.15) is 5.75 Å². The Kier molecular flexibility index (Phi) is 5.53. The highest BCUT2D eigenvalue weighted by Crippen LogP contribution is 2.34. The number of likely N-dealkylation sites (N-methyl/N-ethyl adjacent to an activating group) is 1. The fraction of sp³-hybridized carbons (Fsp3) is 0.450. The van der Waals surface area contributed by atoms with Crippen LogP contribution in [0.1, 0.15) is 23.6 Å². The van der Waals surface area contributed by atoms with Gasteiger partial charge in [0.15, 0.2) is 0 Å². The molecule has 0 saturated carbocycles. The molecule has 0 fully saturated rings. The average Bonchev–Trinajstić information content (AvgIpc) is 3.20. The molecule has 3 rings (SSSR count). The van der Waals surface area contributed by atoms with Crippen molar-refractivity contribution >= 4 is 17.4 Å². The molecule has 2 aromatic rings. The number of hydrogen-bond donors (Lipinski definition) is 3. The molecule has 1 aliphatic carbocycles. The number of nitrogens with zero attached hydrogens (tertiary/aromatic N) is 1. The summed E-state index contributed by atoms with van der Waals surface area (Å²) in [7, 11) is 4.09. The minimum absolute atomic E-state index is 0.0811. The Bertz CT molecular complexity index is 760. The molecule has 2 atom stereocenters. The van der Waals surface area contributed by atoms with Crippen molar-refractivity contribution in [2.75, 3.05) is 20.6 Å². The summed E-state index contributed by atoms with van der Waals surface area (Å²) in [5.74, 6) is 0.297. The van der Waals surface area contributed by atoms with Crippen LogP contribution in [0, 0.1) is 0 Å². The van der Waals surface area contributed by atoms with Crippen molar-refractivity contribution in [3.63, 3.8) is 0 Å². The predicted molar refractivity (Wildman–Crippen MR) is 106 cm³/mol. The van der Waals surface area contributed by atoms with Gasteiger partial charge in [-0.05, 0) is 85.9 Å². The summed E-state index contributed by atoms with van der Waals surface area (Å²) < 4.78 is 0. The number of rotatable bonds is 6. The Morgan fingerprint density at radius 2 is 2.08 bits per heavy atom. The molecule has 1 aliphatic rings. The molecule has 1 heterocycles. The first-order chi connectivity index (χ1) is 12.4. The zero-order chi connectivity index (χ0) is 18.7. The Morgan fingerprint density at radius 3 is 2.77 bits per heavy atom. The van der Waals surface area contributed by atoms with Crippen molar-refractivity contribution in [2.45, 2.75) is 37.8 Å². The smallest absolute Gasteiger partial charge is 0.315 e. The van der Waals surface area contributed by atoms with Crippen molar-refractivity contribution in [3.8, 4) is 5.75 Å². The quantitative estimate of drug-likeness (QED) is 0.730. The third-order valence-corrected chi connectivity index (χ3v) is 5.99. The molecule has 2 amide bonds. The van der Waals surface area contributed by atoms with Crippen LogP contribution < -0.4 is 10.6 Å². The number of benzene rings is 1. The molecule has 0 saturated heterocycles. The van der Waals surface area contributed by atoms with Gasteiger partial charge in [-0.1, -0.05) is 6.07 Å². The van der Waals surface area contributed by atoms with Gasteiger partial charge in [0, 0.05) is 18.1 Å². The number of carbonyl (C=O) groups is 1. The van der Waals surface area contributed by atoms with E-state index in [0.717, 1.165) is 24.8 Å². The van der Waals surface area contributed by atoms with E-state index in [-0.39, 0.29) is 17.6 Å². The minimum atomic E-state index is -0.163. The first kappa shape index (κ1) is 18.7. The molecular weight excluding hydrogens is 346 g/mol. The highest BCUT2D eigenvalue weighted by molar-refractivity contribution is 7.07. The Labute approximate surface area is 159 Å². The Morgan fingerprint density at radius 1 is 1.31 bits per heavy atom. The first-order valence-electron chi connectivity index (χ1n) is 8.92. The number of nitrogens with one attached hydrogen (secondary N) is 2. The lowest BCUT2D eigenvalue weighted by molar-refractivity contribution is 0.157. The summed E-state index contributed by atoms with van der Waals surface area (Å²) in [6, 6.07) is 7.59. The maximum Gasteiger partial charge on any atom is 0.315 e. The van der Waals surface area contributed by atoms with Gasteiger partial charge in [-0.3, -0.25) is 0 Å². The van der Waals surface area contributed by atoms with E-state index in [4.69, 9.17) is 0 Å². The number of carbonyl (C=O) groups excluding carboxylic acids is 1. The minimum Gasteiger partial charge on any atom is -0.508 e. The SMILES string of the molecule is CC(Cc1ccsc1)NC(=O)NCC1(N(C)C)Cc2ccc(O)cc2C1. The zero-order valence-corrected chi connectivity index (χ0v) is 16.4. The number of urea groups is 1. The predicted octanol–water partition coefficient (Wildman–Crippen LogP) is 2.78. The molecule has 26 heavy (non-hydrogen) atoms. The second-order valence-electron chi connectivity index (χ2n) is 7.49. The molecule has 6 heteroatoms. The largest absolute Gasteiger partial charge is 0.508 e. The van der Waals surface area contributed by atoms with E-state index in [1.165, 1.54) is 11.1 Å². The van der Waals surface area contributed by atoms with Gasteiger partial charge in [-0.15, -0.1) is 0 Å². The van der Waals surface area contributed by atoms with Crippen molar-refractivity contribution in [2.24, 2.45) is 0 Å². The average molecular weight is 374 g/mol. The molecule has 0 bridgehead atoms. The number of aromatic hydroxyl groups is 1. The maximum absolute atomic E-state index is 12.4. The van der Waals surface area contributed by atoms with E-state index in [1.807, 2.05) is 33.2 Å². The van der Waals surface area contributed by atoms with Crippen LogP contribution in [-0.2, 0) is 19.3 Å². The van der Waals surface area contributed by atoms with Gasteiger partial charge >= 0.3 is 6.03 Å². The van der Waals surface area contributed by atoms with Crippen molar-refractivity contribution < 1.29 is 9.90 Å². The number of thiophene rings is 1. The lowest BCUT2D eigenvalue weighted by Gasteiger charge is -2.36. The third kappa shape index (κ3) is 4.19. The standard InChI is InChI=1S/C20H27N3O2S/c1-14(8-15-6-7-26-12-15)22-19(25)21-13-20(23(2)3)10-16-4-5-18(24)9-17(16)11-20/h4-7,9,12,14,24H,8,10-11,13H2,1-3H3,(H2,21,22,25). The molecule has 1 aromatic heterocycles. The molecular formula is C20H27N3O2S. The molecule has 0 aliphatic heterocycles. The lowest BCUT2D eigenvalue weighted by Crippen LogP contribution is -2.55. The highest BCUT2D eigenvalue weighted by Gasteiger charge is 2.39. The van der Waals surface area contributed by atoms with E-state index in [9.17, 15) is 9.90 Å². The third-order valence-electron chi connectivity index (χ3n) is 5.26. The fourth-order valence-electron chi connectivity index (χ4n) is 3.65. The van der Waals surface area contributed by atoms with Crippen LogP contribution in [0.3, 0.4) is 0 Å². The van der Waals surface area contributed by atoms with Crippen LogP contribution in [-0.4, -0.2) is 48.3 Å². The summed E-state index contributed by atoms with van der Waals surface area (Å²) in [5.41, 5.74) is 3.49. The van der Waals surface area contributed by atoms with Crippen LogP contribution >= 0.6 is 11.3 Å². The number of amides is 2. The van der Waals surface area contributed by atoms with Crippen LogP contribution in [0.15, 0.2) is 35.0 Å². The van der Waals surface area contributed by atoms with Crippen LogP contribution in [0.5, 0.6) is 5.75 Å². The van der Waals surface area contributed by atoms with E-state index in [0.29, 0.717) is 12.3 Å². The Balaban J connectivity index is 1.57. The number of hydrogen-bond acceptors (Lipinski definition) is 4.